The number of carbonyl (C=O) groups is 1. The minimum atomic E-state index is -3.21. The maximum atomic E-state index is 14.2. The molecule has 174 valence electrons. The summed E-state index contributed by atoms with van der Waals surface area (Å²) in [5.41, 5.74) is 1.26. The van der Waals surface area contributed by atoms with Gasteiger partial charge in [-0.1, -0.05) is 6.07 Å². The summed E-state index contributed by atoms with van der Waals surface area (Å²) in [6.07, 6.45) is 1.45. The zero-order valence-electron chi connectivity index (χ0n) is 18.1. The smallest absolute Gasteiger partial charge is 0.308 e. The predicted molar refractivity (Wildman–Crippen MR) is 121 cm³/mol. The van der Waals surface area contributed by atoms with Crippen molar-refractivity contribution >= 4 is 27.4 Å². The first-order chi connectivity index (χ1) is 15.2. The lowest BCUT2D eigenvalue weighted by molar-refractivity contribution is 0.164. The van der Waals surface area contributed by atoms with Crippen LogP contribution < -0.4 is 10.6 Å². The van der Waals surface area contributed by atoms with Crippen LogP contribution in [0, 0.1) is 11.6 Å². The molecule has 1 aliphatic rings. The number of sulfonamides is 1. The van der Waals surface area contributed by atoms with Gasteiger partial charge in [0.25, 0.3) is 0 Å². The number of hydrogen-bond acceptors (Lipinski definition) is 4. The highest BCUT2D eigenvalue weighted by Gasteiger charge is 2.28. The fraction of sp³-hybridized carbons (Fsp3) is 0.409. The standard InChI is InChI=1S/C22H28F2N4O3S/c1-3-32(30,31)27(2)19-10-12-28(13-11-19)15-16-4-9-20(24)21(14-16)26-22(29)25-18-7-5-17(23)6-8-18/h4-9,14,19H,3,10-13,15H2,1-2H3,(H2,25,26,29). The van der Waals surface area contributed by atoms with Gasteiger partial charge in [-0.05, 0) is 61.7 Å². The number of benzene rings is 2. The van der Waals surface area contributed by atoms with Crippen molar-refractivity contribution in [2.24, 2.45) is 0 Å². The molecule has 0 radical (unpaired) electrons. The van der Waals surface area contributed by atoms with Crippen molar-refractivity contribution in [1.29, 1.82) is 0 Å². The SMILES string of the molecule is CCS(=O)(=O)N(C)C1CCN(Cc2ccc(F)c(NC(=O)Nc3ccc(F)cc3)c2)CC1. The predicted octanol–water partition coefficient (Wildman–Crippen LogP) is 3.85. The second-order valence-corrected chi connectivity index (χ2v) is 10.1. The monoisotopic (exact) mass is 466 g/mol. The lowest BCUT2D eigenvalue weighted by atomic mass is 10.0. The molecule has 2 aromatic carbocycles. The first-order valence-corrected chi connectivity index (χ1v) is 12.1. The molecule has 1 fully saturated rings. The number of hydrogen-bond donors (Lipinski definition) is 2. The minimum Gasteiger partial charge on any atom is -0.308 e. The van der Waals surface area contributed by atoms with Crippen LogP contribution in [0.1, 0.15) is 25.3 Å². The average molecular weight is 467 g/mol. The summed E-state index contributed by atoms with van der Waals surface area (Å²) in [5, 5.41) is 5.02. The number of nitrogens with one attached hydrogen (secondary N) is 2. The number of piperidine rings is 1. The lowest BCUT2D eigenvalue weighted by Gasteiger charge is -2.36. The largest absolute Gasteiger partial charge is 0.323 e. The average Bonchev–Trinajstić information content (AvgIpc) is 2.77. The Morgan fingerprint density at radius 3 is 2.38 bits per heavy atom. The Balaban J connectivity index is 1.57. The maximum Gasteiger partial charge on any atom is 0.323 e. The van der Waals surface area contributed by atoms with Crippen molar-refractivity contribution in [1.82, 2.24) is 9.21 Å². The van der Waals surface area contributed by atoms with Gasteiger partial charge >= 0.3 is 6.03 Å². The van der Waals surface area contributed by atoms with Crippen LogP contribution in [-0.2, 0) is 16.6 Å². The quantitative estimate of drug-likeness (QED) is 0.649. The van der Waals surface area contributed by atoms with Gasteiger partial charge in [0.05, 0.1) is 11.4 Å². The molecular formula is C22H28F2N4O3S. The summed E-state index contributed by atoms with van der Waals surface area (Å²) in [7, 11) is -1.58. The maximum absolute atomic E-state index is 14.2. The number of halogens is 2. The van der Waals surface area contributed by atoms with E-state index in [1.54, 1.807) is 26.1 Å². The molecule has 1 heterocycles. The van der Waals surface area contributed by atoms with Gasteiger partial charge in [0.1, 0.15) is 11.6 Å². The fourth-order valence-electron chi connectivity index (χ4n) is 3.71. The molecule has 1 saturated heterocycles. The molecule has 7 nitrogen and oxygen atoms in total. The van der Waals surface area contributed by atoms with E-state index < -0.39 is 27.7 Å². The summed E-state index contributed by atoms with van der Waals surface area (Å²) < 4.78 is 52.8. The molecule has 32 heavy (non-hydrogen) atoms. The third-order valence-corrected chi connectivity index (χ3v) is 7.57. The second-order valence-electron chi connectivity index (χ2n) is 7.82. The van der Waals surface area contributed by atoms with Crippen LogP contribution >= 0.6 is 0 Å². The van der Waals surface area contributed by atoms with Crippen molar-refractivity contribution in [3.05, 3.63) is 59.7 Å². The van der Waals surface area contributed by atoms with Crippen molar-refractivity contribution in [2.45, 2.75) is 32.4 Å². The first-order valence-electron chi connectivity index (χ1n) is 10.5. The van der Waals surface area contributed by atoms with Crippen LogP contribution in [0.3, 0.4) is 0 Å². The molecule has 10 heteroatoms. The van der Waals surface area contributed by atoms with Gasteiger partial charge in [-0.25, -0.2) is 26.3 Å². The lowest BCUT2D eigenvalue weighted by Crippen LogP contribution is -2.45. The molecule has 0 atom stereocenters. The zero-order chi connectivity index (χ0) is 23.3. The van der Waals surface area contributed by atoms with E-state index >= 15 is 0 Å². The number of urea groups is 1. The molecule has 2 amide bonds. The molecule has 0 aromatic heterocycles. The summed E-state index contributed by atoms with van der Waals surface area (Å²) in [5.74, 6) is -0.894. The van der Waals surface area contributed by atoms with Gasteiger partial charge in [-0.3, -0.25) is 4.90 Å². The van der Waals surface area contributed by atoms with Gasteiger partial charge in [0.2, 0.25) is 10.0 Å². The highest BCUT2D eigenvalue weighted by Crippen LogP contribution is 2.22. The van der Waals surface area contributed by atoms with Gasteiger partial charge < -0.3 is 10.6 Å². The molecule has 2 N–H and O–H groups in total. The van der Waals surface area contributed by atoms with Gasteiger partial charge in [0.15, 0.2) is 0 Å². The minimum absolute atomic E-state index is 0.0168. The number of likely N-dealkylation sites (tertiary alicyclic amines) is 1. The van der Waals surface area contributed by atoms with Crippen LogP contribution in [0.15, 0.2) is 42.5 Å². The normalized spacial score (nSPS) is 15.7. The van der Waals surface area contributed by atoms with Crippen LogP contribution in [0.4, 0.5) is 25.0 Å². The number of anilines is 2. The van der Waals surface area contributed by atoms with E-state index in [9.17, 15) is 22.0 Å². The Bertz CT molecular complexity index is 1040. The fourth-order valence-corrected chi connectivity index (χ4v) is 4.79. The topological polar surface area (TPSA) is 81.8 Å². The Labute approximate surface area is 187 Å². The van der Waals surface area contributed by atoms with Crippen molar-refractivity contribution in [2.75, 3.05) is 36.5 Å². The third-order valence-electron chi connectivity index (χ3n) is 5.66. The highest BCUT2D eigenvalue weighted by atomic mass is 32.2. The van der Waals surface area contributed by atoms with E-state index in [4.69, 9.17) is 0 Å². The van der Waals surface area contributed by atoms with Crippen LogP contribution in [0.2, 0.25) is 0 Å². The van der Waals surface area contributed by atoms with Gasteiger partial charge in [-0.15, -0.1) is 0 Å². The zero-order valence-corrected chi connectivity index (χ0v) is 19.0. The van der Waals surface area contributed by atoms with E-state index in [0.717, 1.165) is 31.5 Å². The number of rotatable bonds is 7. The molecule has 0 saturated carbocycles. The second kappa shape index (κ2) is 10.4. The van der Waals surface area contributed by atoms with Gasteiger partial charge in [0, 0.05) is 38.4 Å². The van der Waals surface area contributed by atoms with E-state index in [-0.39, 0.29) is 17.5 Å². The Morgan fingerprint density at radius 1 is 1.09 bits per heavy atom. The first kappa shape index (κ1) is 24.1. The highest BCUT2D eigenvalue weighted by molar-refractivity contribution is 7.89. The molecule has 2 aromatic rings. The summed E-state index contributed by atoms with van der Waals surface area (Å²) in [6, 6.07) is 9.16. The van der Waals surface area contributed by atoms with Gasteiger partial charge in [-0.2, -0.15) is 0 Å². The molecule has 3 rings (SSSR count). The van der Waals surface area contributed by atoms with Crippen molar-refractivity contribution in [3.8, 4) is 0 Å². The molecular weight excluding hydrogens is 438 g/mol. The van der Waals surface area contributed by atoms with Crippen LogP contribution in [-0.4, -0.2) is 55.6 Å². The summed E-state index contributed by atoms with van der Waals surface area (Å²) in [6.45, 7) is 3.64. The molecule has 0 spiro atoms. The number of amides is 2. The van der Waals surface area contributed by atoms with Crippen molar-refractivity contribution < 1.29 is 22.0 Å². The third kappa shape index (κ3) is 6.24. The Hall–Kier alpha value is -2.56. The molecule has 1 aliphatic heterocycles. The van der Waals surface area contributed by atoms with Crippen LogP contribution in [0.25, 0.3) is 0 Å². The van der Waals surface area contributed by atoms with E-state index in [0.29, 0.717) is 12.2 Å². The van der Waals surface area contributed by atoms with E-state index in [1.165, 1.54) is 34.6 Å². The molecule has 0 unspecified atom stereocenters. The number of nitrogens with zero attached hydrogens (tertiary/aromatic N) is 2. The van der Waals surface area contributed by atoms with E-state index in [2.05, 4.69) is 15.5 Å². The van der Waals surface area contributed by atoms with E-state index in [1.807, 2.05) is 0 Å². The van der Waals surface area contributed by atoms with Crippen molar-refractivity contribution in [3.63, 3.8) is 0 Å². The Kier molecular flexibility index (Phi) is 7.81. The molecule has 0 bridgehead atoms. The molecule has 0 aliphatic carbocycles. The summed E-state index contributed by atoms with van der Waals surface area (Å²) in [4.78, 5) is 14.4. The Morgan fingerprint density at radius 2 is 1.75 bits per heavy atom. The van der Waals surface area contributed by atoms with Crippen LogP contribution in [0.5, 0.6) is 0 Å². The summed E-state index contributed by atoms with van der Waals surface area (Å²) >= 11 is 0. The number of carbonyl (C=O) groups excluding carboxylic acids is 1.